The van der Waals surface area contributed by atoms with Gasteiger partial charge in [0, 0.05) is 16.2 Å². The minimum Gasteiger partial charge on any atom is -0.390 e. The van der Waals surface area contributed by atoms with Gasteiger partial charge in [0.15, 0.2) is 0 Å². The van der Waals surface area contributed by atoms with E-state index in [-0.39, 0.29) is 4.90 Å². The highest BCUT2D eigenvalue weighted by Crippen LogP contribution is 2.40. The Morgan fingerprint density at radius 2 is 1.80 bits per heavy atom. The highest BCUT2D eigenvalue weighted by molar-refractivity contribution is 7.99. The van der Waals surface area contributed by atoms with Crippen molar-refractivity contribution in [2.24, 2.45) is 0 Å². The number of hydrogen-bond acceptors (Lipinski definition) is 6. The molecule has 3 rings (SSSR count). The summed E-state index contributed by atoms with van der Waals surface area (Å²) in [7, 11) is 0. The van der Waals surface area contributed by atoms with Gasteiger partial charge in [-0.2, -0.15) is 18.3 Å². The number of imidazole rings is 1. The molecule has 0 amide bonds. The maximum atomic E-state index is 13.5. The number of hydrogen-bond donors (Lipinski definition) is 2. The number of benzene rings is 1. The molecule has 1 aromatic carbocycles. The highest BCUT2D eigenvalue weighted by atomic mass is 32.2. The first-order chi connectivity index (χ1) is 13.7. The molecule has 0 radical (unpaired) electrons. The number of nitrogens with zero attached hydrogens (tertiary/aromatic N) is 3. The standard InChI is InChI=1S/C20H24F3N3O2S2/c1-11-15(26-17(24-11)30-16(25-26)19(4,5)28)12-6-7-13(20(21,22)23)14(10-12)29-9-8-18(2,3)27/h6-7,10,27-28H,8-9H2,1-5H3. The van der Waals surface area contributed by atoms with Crippen LogP contribution in [-0.2, 0) is 11.8 Å². The number of aromatic nitrogens is 3. The molecule has 164 valence electrons. The minimum absolute atomic E-state index is 0.0940. The summed E-state index contributed by atoms with van der Waals surface area (Å²) in [5.74, 6) is 0.344. The maximum absolute atomic E-state index is 13.5. The van der Waals surface area contributed by atoms with E-state index < -0.39 is 22.9 Å². The number of fused-ring (bicyclic) bond motifs is 1. The fourth-order valence-electron chi connectivity index (χ4n) is 2.86. The molecule has 0 saturated heterocycles. The van der Waals surface area contributed by atoms with Crippen LogP contribution in [0.3, 0.4) is 0 Å². The van der Waals surface area contributed by atoms with Crippen molar-refractivity contribution in [1.29, 1.82) is 0 Å². The van der Waals surface area contributed by atoms with E-state index in [4.69, 9.17) is 0 Å². The quantitative estimate of drug-likeness (QED) is 0.492. The zero-order valence-electron chi connectivity index (χ0n) is 17.3. The lowest BCUT2D eigenvalue weighted by molar-refractivity contribution is -0.139. The van der Waals surface area contributed by atoms with Crippen LogP contribution >= 0.6 is 23.1 Å². The Balaban J connectivity index is 2.07. The van der Waals surface area contributed by atoms with Gasteiger partial charge >= 0.3 is 6.18 Å². The lowest BCUT2D eigenvalue weighted by Crippen LogP contribution is -2.19. The topological polar surface area (TPSA) is 70.7 Å². The van der Waals surface area contributed by atoms with Crippen molar-refractivity contribution in [1.82, 2.24) is 14.6 Å². The number of alkyl halides is 3. The predicted octanol–water partition coefficient (Wildman–Crippen LogP) is 5.27. The minimum atomic E-state index is -4.48. The van der Waals surface area contributed by atoms with E-state index >= 15 is 0 Å². The van der Waals surface area contributed by atoms with Gasteiger partial charge in [0.25, 0.3) is 0 Å². The summed E-state index contributed by atoms with van der Waals surface area (Å²) in [5.41, 5.74) is -1.01. The average molecular weight is 460 g/mol. The van der Waals surface area contributed by atoms with Crippen molar-refractivity contribution in [3.8, 4) is 11.3 Å². The van der Waals surface area contributed by atoms with Gasteiger partial charge in [-0.15, -0.1) is 11.8 Å². The normalized spacial score (nSPS) is 13.4. The van der Waals surface area contributed by atoms with Gasteiger partial charge in [-0.3, -0.25) is 0 Å². The summed E-state index contributed by atoms with van der Waals surface area (Å²) < 4.78 is 42.2. The van der Waals surface area contributed by atoms with Crippen molar-refractivity contribution < 1.29 is 23.4 Å². The molecule has 0 atom stereocenters. The Kier molecular flexibility index (Phi) is 6.00. The van der Waals surface area contributed by atoms with Gasteiger partial charge in [-0.1, -0.05) is 17.4 Å². The number of thioether (sulfide) groups is 1. The van der Waals surface area contributed by atoms with E-state index in [0.717, 1.165) is 17.8 Å². The zero-order valence-corrected chi connectivity index (χ0v) is 19.0. The summed E-state index contributed by atoms with van der Waals surface area (Å²) in [6, 6.07) is 3.99. The van der Waals surface area contributed by atoms with Gasteiger partial charge in [0.2, 0.25) is 4.96 Å². The highest BCUT2D eigenvalue weighted by Gasteiger charge is 2.34. The average Bonchev–Trinajstić information content (AvgIpc) is 3.09. The molecule has 30 heavy (non-hydrogen) atoms. The van der Waals surface area contributed by atoms with Crippen LogP contribution in [0, 0.1) is 6.92 Å². The van der Waals surface area contributed by atoms with Crippen LogP contribution in [0.2, 0.25) is 0 Å². The third-order valence-corrected chi connectivity index (χ3v) is 6.71. The van der Waals surface area contributed by atoms with E-state index in [1.54, 1.807) is 39.1 Å². The van der Waals surface area contributed by atoms with Gasteiger partial charge < -0.3 is 10.2 Å². The second-order valence-corrected chi connectivity index (χ2v) is 10.4. The maximum Gasteiger partial charge on any atom is 0.417 e. The van der Waals surface area contributed by atoms with Crippen LogP contribution in [0.15, 0.2) is 23.1 Å². The van der Waals surface area contributed by atoms with Crippen molar-refractivity contribution in [3.63, 3.8) is 0 Å². The zero-order chi connectivity index (χ0) is 22.5. The summed E-state index contributed by atoms with van der Waals surface area (Å²) in [6.07, 6.45) is -4.12. The number of aryl methyl sites for hydroxylation is 1. The number of halogens is 3. The predicted molar refractivity (Wildman–Crippen MR) is 113 cm³/mol. The summed E-state index contributed by atoms with van der Waals surface area (Å²) >= 11 is 2.31. The molecular formula is C20H24F3N3O2S2. The molecule has 5 nitrogen and oxygen atoms in total. The fraction of sp³-hybridized carbons (Fsp3) is 0.500. The summed E-state index contributed by atoms with van der Waals surface area (Å²) in [6.45, 7) is 8.27. The van der Waals surface area contributed by atoms with Gasteiger partial charge in [-0.25, -0.2) is 9.50 Å². The van der Waals surface area contributed by atoms with Crippen molar-refractivity contribution in [3.05, 3.63) is 34.5 Å². The molecule has 0 aliphatic carbocycles. The van der Waals surface area contributed by atoms with Gasteiger partial charge in [0.05, 0.1) is 22.6 Å². The molecule has 3 aromatic rings. The molecule has 2 aromatic heterocycles. The Morgan fingerprint density at radius 1 is 1.13 bits per heavy atom. The van der Waals surface area contributed by atoms with Gasteiger partial charge in [-0.05, 0) is 53.2 Å². The molecule has 0 aliphatic rings. The van der Waals surface area contributed by atoms with Gasteiger partial charge in [0.1, 0.15) is 10.6 Å². The van der Waals surface area contributed by atoms with E-state index in [9.17, 15) is 23.4 Å². The van der Waals surface area contributed by atoms with E-state index in [1.807, 2.05) is 0 Å². The van der Waals surface area contributed by atoms with Crippen LogP contribution in [0.5, 0.6) is 0 Å². The molecule has 0 aliphatic heterocycles. The van der Waals surface area contributed by atoms with E-state index in [0.29, 0.717) is 39.1 Å². The molecule has 0 bridgehead atoms. The molecule has 2 N–H and O–H groups in total. The number of aliphatic hydroxyl groups is 2. The third kappa shape index (κ3) is 4.99. The first-order valence-electron chi connectivity index (χ1n) is 9.32. The molecule has 0 saturated carbocycles. The summed E-state index contributed by atoms with van der Waals surface area (Å²) in [4.78, 5) is 5.12. The monoisotopic (exact) mass is 459 g/mol. The molecule has 0 unspecified atom stereocenters. The van der Waals surface area contributed by atoms with Crippen LogP contribution in [0.25, 0.3) is 16.2 Å². The Morgan fingerprint density at radius 3 is 2.37 bits per heavy atom. The molecular weight excluding hydrogens is 435 g/mol. The Bertz CT molecular complexity index is 1060. The second-order valence-electron chi connectivity index (χ2n) is 8.33. The van der Waals surface area contributed by atoms with E-state index in [2.05, 4.69) is 10.1 Å². The lowest BCUT2D eigenvalue weighted by Gasteiger charge is -2.18. The van der Waals surface area contributed by atoms with E-state index in [1.165, 1.54) is 23.5 Å². The van der Waals surface area contributed by atoms with Crippen molar-refractivity contribution >= 4 is 28.1 Å². The molecule has 10 heteroatoms. The Labute approximate surface area is 181 Å². The molecule has 0 spiro atoms. The largest absolute Gasteiger partial charge is 0.417 e. The summed E-state index contributed by atoms with van der Waals surface area (Å²) in [5, 5.41) is 25.0. The van der Waals surface area contributed by atoms with Crippen LogP contribution in [-0.4, -0.2) is 36.2 Å². The van der Waals surface area contributed by atoms with Crippen molar-refractivity contribution in [2.75, 3.05) is 5.75 Å². The molecule has 0 fully saturated rings. The van der Waals surface area contributed by atoms with Crippen LogP contribution in [0.4, 0.5) is 13.2 Å². The lowest BCUT2D eigenvalue weighted by atomic mass is 10.1. The van der Waals surface area contributed by atoms with Crippen LogP contribution < -0.4 is 0 Å². The van der Waals surface area contributed by atoms with Crippen molar-refractivity contribution in [2.45, 2.75) is 63.3 Å². The SMILES string of the molecule is Cc1nc2sc(C(C)(C)O)nn2c1-c1ccc(C(F)(F)F)c(SCCC(C)(C)O)c1. The molecule has 2 heterocycles. The second kappa shape index (κ2) is 7.81. The number of rotatable bonds is 6. The third-order valence-electron chi connectivity index (χ3n) is 4.43. The van der Waals surface area contributed by atoms with Crippen LogP contribution in [0.1, 0.15) is 50.4 Å². The Hall–Kier alpha value is -1.62. The smallest absolute Gasteiger partial charge is 0.390 e. The fourth-order valence-corrected chi connectivity index (χ4v) is 5.18. The first kappa shape index (κ1) is 23.1. The first-order valence-corrected chi connectivity index (χ1v) is 11.1.